The van der Waals surface area contributed by atoms with Crippen LogP contribution >= 0.6 is 0 Å². The van der Waals surface area contributed by atoms with Gasteiger partial charge in [-0.05, 0) is 55.3 Å². The lowest BCUT2D eigenvalue weighted by Gasteiger charge is -2.41. The number of aromatic hydroxyl groups is 1. The zero-order valence-electron chi connectivity index (χ0n) is 31.8. The molecule has 3 aromatic rings. The van der Waals surface area contributed by atoms with Crippen LogP contribution in [0.2, 0.25) is 0 Å². The lowest BCUT2D eigenvalue weighted by atomic mass is 9.86. The van der Waals surface area contributed by atoms with Crippen LogP contribution in [0.4, 0.5) is 0 Å². The number of carboxylic acid groups (broad SMARTS) is 1. The van der Waals surface area contributed by atoms with Gasteiger partial charge in [0.25, 0.3) is 0 Å². The number of aliphatic carboxylic acids is 1. The molecule has 0 radical (unpaired) electrons. The summed E-state index contributed by atoms with van der Waals surface area (Å²) < 4.78 is 41.7. The fraction of sp³-hybridized carbons (Fsp3) is 0.500. The van der Waals surface area contributed by atoms with Gasteiger partial charge < -0.3 is 69.5 Å². The van der Waals surface area contributed by atoms with E-state index >= 15 is 0 Å². The van der Waals surface area contributed by atoms with Crippen molar-refractivity contribution < 1.29 is 72.9 Å². The van der Waals surface area contributed by atoms with Gasteiger partial charge in [-0.2, -0.15) is 4.89 Å². The second kappa shape index (κ2) is 17.3. The van der Waals surface area contributed by atoms with Crippen molar-refractivity contribution >= 4 is 11.9 Å². The average Bonchev–Trinajstić information content (AvgIpc) is 3.79. The normalized spacial score (nSPS) is 24.8. The zero-order valence-corrected chi connectivity index (χ0v) is 31.8. The molecule has 4 aliphatic rings. The summed E-state index contributed by atoms with van der Waals surface area (Å²) >= 11 is 0. The van der Waals surface area contributed by atoms with Crippen LogP contribution in [0.25, 0.3) is 0 Å². The average molecular weight is 797 g/mol. The number of benzene rings is 3. The summed E-state index contributed by atoms with van der Waals surface area (Å²) in [5, 5.41) is 44.5. The van der Waals surface area contributed by atoms with Crippen LogP contribution in [0.1, 0.15) is 60.1 Å². The molecule has 0 spiro atoms. The lowest BCUT2D eigenvalue weighted by molar-refractivity contribution is -0.373. The number of fused-ring (bicyclic) bond motifs is 6. The van der Waals surface area contributed by atoms with Gasteiger partial charge in [-0.3, -0.25) is 9.59 Å². The second-order valence-electron chi connectivity index (χ2n) is 15.0. The maximum Gasteiger partial charge on any atom is 0.317 e. The molecule has 308 valence electrons. The summed E-state index contributed by atoms with van der Waals surface area (Å²) in [6.07, 6.45) is -7.95. The highest BCUT2D eigenvalue weighted by Gasteiger charge is 2.49. The Hall–Kier alpha value is -4.88. The third kappa shape index (κ3) is 8.84. The summed E-state index contributed by atoms with van der Waals surface area (Å²) in [4.78, 5) is 34.9. The van der Waals surface area contributed by atoms with Crippen LogP contribution in [0, 0.1) is 5.92 Å². The molecule has 4 aliphatic heterocycles. The fourth-order valence-electron chi connectivity index (χ4n) is 7.48. The molecule has 57 heavy (non-hydrogen) atoms. The van der Waals surface area contributed by atoms with Crippen LogP contribution in [0.5, 0.6) is 34.5 Å². The molecular formula is C40H48N2O15. The summed E-state index contributed by atoms with van der Waals surface area (Å²) in [7, 11) is 1.72. The van der Waals surface area contributed by atoms with E-state index in [-0.39, 0.29) is 37.2 Å². The molecule has 7 N–H and O–H groups in total. The first-order valence-electron chi connectivity index (χ1n) is 18.8. The van der Waals surface area contributed by atoms with E-state index in [9.17, 15) is 24.9 Å². The largest absolute Gasteiger partial charge is 0.508 e. The number of ether oxygens (including phenoxy) is 7. The molecular weight excluding hydrogens is 748 g/mol. The van der Waals surface area contributed by atoms with E-state index in [0.29, 0.717) is 53.9 Å². The van der Waals surface area contributed by atoms with Crippen molar-refractivity contribution in [3.63, 3.8) is 0 Å². The van der Waals surface area contributed by atoms with Crippen molar-refractivity contribution in [1.82, 2.24) is 5.32 Å². The van der Waals surface area contributed by atoms with Gasteiger partial charge in [0.1, 0.15) is 54.7 Å². The van der Waals surface area contributed by atoms with Gasteiger partial charge >= 0.3 is 11.9 Å². The van der Waals surface area contributed by atoms with E-state index in [0.717, 1.165) is 22.4 Å². The number of aliphatic hydroxyl groups is 2. The zero-order chi connectivity index (χ0) is 40.4. The number of hydrogen-bond donors (Lipinski definition) is 6. The van der Waals surface area contributed by atoms with E-state index in [1.165, 1.54) is 0 Å². The van der Waals surface area contributed by atoms with Crippen LogP contribution in [0.15, 0.2) is 42.5 Å². The summed E-state index contributed by atoms with van der Waals surface area (Å²) in [6, 6.07) is 11.8. The number of nitrogens with two attached hydrogens (primary N) is 1. The Labute approximate surface area is 328 Å². The van der Waals surface area contributed by atoms with Gasteiger partial charge in [0.15, 0.2) is 29.6 Å². The lowest BCUT2D eigenvalue weighted by Crippen LogP contribution is -2.61. The number of esters is 1. The molecule has 7 rings (SSSR count). The number of phenols is 1. The Bertz CT molecular complexity index is 1940. The molecule has 1 fully saturated rings. The van der Waals surface area contributed by atoms with E-state index in [2.05, 4.69) is 19.2 Å². The molecule has 1 saturated heterocycles. The van der Waals surface area contributed by atoms with Crippen molar-refractivity contribution in [2.45, 2.75) is 81.9 Å². The molecule has 8 atom stereocenters. The van der Waals surface area contributed by atoms with Crippen molar-refractivity contribution in [2.24, 2.45) is 11.7 Å². The topological polar surface area (TPSA) is 236 Å². The Morgan fingerprint density at radius 1 is 1.02 bits per heavy atom. The Morgan fingerprint density at radius 2 is 1.84 bits per heavy atom. The maximum absolute atomic E-state index is 12.0. The highest BCUT2D eigenvalue weighted by atomic mass is 17.2. The van der Waals surface area contributed by atoms with Gasteiger partial charge in [-0.1, -0.05) is 26.0 Å². The number of nitrogens with one attached hydrogen (secondary N) is 1. The van der Waals surface area contributed by atoms with Gasteiger partial charge in [0.05, 0.1) is 19.1 Å². The third-order valence-corrected chi connectivity index (χ3v) is 10.1. The molecule has 0 bridgehead atoms. The predicted molar refractivity (Wildman–Crippen MR) is 197 cm³/mol. The van der Waals surface area contributed by atoms with Crippen molar-refractivity contribution in [1.29, 1.82) is 0 Å². The predicted octanol–water partition coefficient (Wildman–Crippen LogP) is 2.23. The van der Waals surface area contributed by atoms with Crippen LogP contribution in [-0.4, -0.2) is 109 Å². The molecule has 3 aromatic carbocycles. The summed E-state index contributed by atoms with van der Waals surface area (Å²) in [6.45, 7) is 4.43. The van der Waals surface area contributed by atoms with E-state index in [1.807, 2.05) is 18.2 Å². The van der Waals surface area contributed by atoms with Crippen molar-refractivity contribution in [2.75, 3.05) is 40.2 Å². The van der Waals surface area contributed by atoms with Crippen LogP contribution in [0.3, 0.4) is 0 Å². The first-order valence-corrected chi connectivity index (χ1v) is 18.8. The molecule has 17 heteroatoms. The first-order chi connectivity index (χ1) is 27.4. The third-order valence-electron chi connectivity index (χ3n) is 10.1. The van der Waals surface area contributed by atoms with Crippen LogP contribution in [-0.2, 0) is 41.5 Å². The van der Waals surface area contributed by atoms with Crippen molar-refractivity contribution in [3.05, 3.63) is 70.3 Å². The number of hydrogen-bond acceptors (Lipinski definition) is 16. The number of carbonyl (C=O) groups excluding carboxylic acids is 1. The summed E-state index contributed by atoms with van der Waals surface area (Å²) in [5.74, 6) is 0.605. The SMILES string of the molecule is CNC[C@H](N)CO[C@@H]1O[C@H](COC(=O)CC(=O)O)[C@@H](O)[C@H](O)[C@@H]1OOc1cc2c(cc1Cc1cccc(O)c1)OC[C@H]1c3cc4c(c(CC(C)C)c3O[C@H]21)OCO4. The minimum Gasteiger partial charge on any atom is -0.508 e. The summed E-state index contributed by atoms with van der Waals surface area (Å²) in [5.41, 5.74) is 10.1. The Balaban J connectivity index is 1.18. The van der Waals surface area contributed by atoms with Gasteiger partial charge in [0.2, 0.25) is 6.79 Å². The van der Waals surface area contributed by atoms with Crippen LogP contribution < -0.4 is 34.9 Å². The number of carbonyl (C=O) groups is 2. The Kier molecular flexibility index (Phi) is 12.2. The maximum atomic E-state index is 12.0. The molecule has 0 aromatic heterocycles. The number of likely N-dealkylation sites (N-methyl/N-ethyl adjacent to an activating group) is 1. The fourth-order valence-corrected chi connectivity index (χ4v) is 7.48. The molecule has 0 aliphatic carbocycles. The minimum absolute atomic E-state index is 0.0715. The number of phenolic OH excluding ortho intramolecular Hbond substituents is 1. The smallest absolute Gasteiger partial charge is 0.317 e. The van der Waals surface area contributed by atoms with E-state index < -0.39 is 67.8 Å². The number of carboxylic acids is 1. The molecule has 0 unspecified atom stereocenters. The monoisotopic (exact) mass is 796 g/mol. The van der Waals surface area contributed by atoms with Gasteiger partial charge in [-0.15, -0.1) is 0 Å². The van der Waals surface area contributed by atoms with Gasteiger partial charge in [0, 0.05) is 41.3 Å². The molecule has 4 heterocycles. The van der Waals surface area contributed by atoms with Crippen molar-refractivity contribution in [3.8, 4) is 34.5 Å². The van der Waals surface area contributed by atoms with E-state index in [1.54, 1.807) is 31.3 Å². The molecule has 0 amide bonds. The van der Waals surface area contributed by atoms with E-state index in [4.69, 9.17) is 53.8 Å². The standard InChI is InChI=1S/C40H48N2O15/c1-19(2)7-26-36-24(11-30-38(26)53-18-52-30)27-16-49-29-10-21(8-20-5-4-6-23(43)9-20)28(12-25(29)37(27)55-36)56-57-39-35(48)34(47)31(17-50-33(46)13-32(44)45)54-40(39)51-15-22(41)14-42-3/h4-6,9-12,19,22,27,31,34-35,37,39-40,42-43,47-48H,7-8,13-18,41H2,1-3H3,(H,44,45)/t22-,27-,31+,34+,35-,37+,39-,40+/m0/s1. The molecule has 0 saturated carbocycles. The first kappa shape index (κ1) is 40.3. The minimum atomic E-state index is -1.70. The van der Waals surface area contributed by atoms with Gasteiger partial charge in [-0.25, -0.2) is 0 Å². The number of aliphatic hydroxyl groups excluding tert-OH is 2. The second-order valence-corrected chi connectivity index (χ2v) is 15.0. The number of rotatable bonds is 16. The highest BCUT2D eigenvalue weighted by Crippen LogP contribution is 2.57. The highest BCUT2D eigenvalue weighted by molar-refractivity contribution is 5.90. The quantitative estimate of drug-likeness (QED) is 0.0528. The Morgan fingerprint density at radius 3 is 2.60 bits per heavy atom. The molecule has 17 nitrogen and oxygen atoms in total.